The monoisotopic (exact) mass is 410 g/mol. The lowest BCUT2D eigenvalue weighted by Gasteiger charge is -2.33. The number of nitrogens with one attached hydrogen (secondary N) is 2. The van der Waals surface area contributed by atoms with Crippen LogP contribution in [0.2, 0.25) is 0 Å². The molecule has 0 amide bonds. The molecule has 4 rings (SSSR count). The second kappa shape index (κ2) is 5.58. The van der Waals surface area contributed by atoms with E-state index in [2.05, 4.69) is 61.7 Å². The lowest BCUT2D eigenvalue weighted by atomic mass is 10.2. The summed E-state index contributed by atoms with van der Waals surface area (Å²) in [6.07, 6.45) is 0. The van der Waals surface area contributed by atoms with Crippen LogP contribution in [0.1, 0.15) is 5.56 Å². The van der Waals surface area contributed by atoms with Crippen molar-refractivity contribution in [3.8, 4) is 0 Å². The molecule has 0 bridgehead atoms. The van der Waals surface area contributed by atoms with Crippen LogP contribution in [0.5, 0.6) is 0 Å². The number of thiophene rings is 1. The molecule has 1 aromatic heterocycles. The van der Waals surface area contributed by atoms with Crippen molar-refractivity contribution in [1.29, 1.82) is 0 Å². The van der Waals surface area contributed by atoms with Crippen molar-refractivity contribution in [1.82, 2.24) is 10.2 Å². The Balaban J connectivity index is 1.82. The number of aliphatic imine (C=N–C) groups is 1. The Morgan fingerprint density at radius 1 is 1.29 bits per heavy atom. The summed E-state index contributed by atoms with van der Waals surface area (Å²) in [6.45, 7) is 2.98. The summed E-state index contributed by atoms with van der Waals surface area (Å²) in [6, 6.07) is 10.4. The zero-order chi connectivity index (χ0) is 14.2. The first-order chi connectivity index (χ1) is 10.3. The molecule has 1 saturated heterocycles. The summed E-state index contributed by atoms with van der Waals surface area (Å²) in [5.74, 6) is 1.09. The summed E-state index contributed by atoms with van der Waals surface area (Å²) >= 11 is 4.19. The van der Waals surface area contributed by atoms with Gasteiger partial charge in [-0.3, -0.25) is 0 Å². The van der Waals surface area contributed by atoms with E-state index in [1.54, 1.807) is 11.3 Å². The molecular formula is C15H15IN4S. The number of fused-ring (bicyclic) bond motifs is 2. The highest BCUT2D eigenvalue weighted by Crippen LogP contribution is 2.37. The molecule has 2 aliphatic heterocycles. The van der Waals surface area contributed by atoms with Gasteiger partial charge in [-0.1, -0.05) is 34.7 Å². The average molecular weight is 410 g/mol. The molecular weight excluding hydrogens is 395 g/mol. The fourth-order valence-electron chi connectivity index (χ4n) is 2.69. The van der Waals surface area contributed by atoms with Gasteiger partial charge in [-0.15, -0.1) is 11.3 Å². The number of hydrogen-bond acceptors (Lipinski definition) is 5. The van der Waals surface area contributed by atoms with Crippen LogP contribution in [0.15, 0.2) is 40.7 Å². The van der Waals surface area contributed by atoms with E-state index in [0.717, 1.165) is 36.8 Å². The minimum atomic E-state index is 0.465. The Labute approximate surface area is 141 Å². The first kappa shape index (κ1) is 13.5. The Hall–Kier alpha value is -1.12. The Morgan fingerprint density at radius 2 is 2.19 bits per heavy atom. The number of para-hydroxylation sites is 2. The van der Waals surface area contributed by atoms with Crippen molar-refractivity contribution in [2.24, 2.45) is 4.99 Å². The second-order valence-electron chi connectivity index (χ2n) is 5.11. The highest BCUT2D eigenvalue weighted by Gasteiger charge is 2.25. The second-order valence-corrected chi connectivity index (χ2v) is 7.53. The molecule has 108 valence electrons. The minimum absolute atomic E-state index is 0.465. The van der Waals surface area contributed by atoms with Gasteiger partial charge >= 0.3 is 0 Å². The third-order valence-corrected chi connectivity index (χ3v) is 5.38. The van der Waals surface area contributed by atoms with Gasteiger partial charge in [0.1, 0.15) is 10.8 Å². The molecule has 1 fully saturated rings. The van der Waals surface area contributed by atoms with E-state index < -0.39 is 0 Å². The number of anilines is 2. The molecule has 3 heterocycles. The number of nitrogens with zero attached hydrogens (tertiary/aromatic N) is 2. The summed E-state index contributed by atoms with van der Waals surface area (Å²) in [5, 5.41) is 10.3. The third kappa shape index (κ3) is 2.56. The van der Waals surface area contributed by atoms with Crippen molar-refractivity contribution < 1.29 is 0 Å². The van der Waals surface area contributed by atoms with Crippen molar-refractivity contribution in [3.63, 3.8) is 0 Å². The molecule has 0 aliphatic carbocycles. The van der Waals surface area contributed by atoms with E-state index >= 15 is 0 Å². The molecule has 1 aromatic carbocycles. The molecule has 21 heavy (non-hydrogen) atoms. The third-order valence-electron chi connectivity index (χ3n) is 3.71. The molecule has 6 heteroatoms. The molecule has 0 unspecified atom stereocenters. The van der Waals surface area contributed by atoms with Gasteiger partial charge in [0, 0.05) is 19.6 Å². The summed E-state index contributed by atoms with van der Waals surface area (Å²) in [7, 11) is 0. The lowest BCUT2D eigenvalue weighted by Crippen LogP contribution is -2.50. The molecule has 4 nitrogen and oxygen atoms in total. The van der Waals surface area contributed by atoms with Gasteiger partial charge in [-0.25, -0.2) is 4.99 Å². The minimum Gasteiger partial charge on any atom is -0.352 e. The van der Waals surface area contributed by atoms with Crippen molar-refractivity contribution in [2.45, 2.75) is 4.05 Å². The summed E-state index contributed by atoms with van der Waals surface area (Å²) < 4.78 is 0.465. The first-order valence-electron chi connectivity index (χ1n) is 6.96. The number of hydrogen-bond donors (Lipinski definition) is 2. The summed E-state index contributed by atoms with van der Waals surface area (Å²) in [4.78, 5) is 7.36. The van der Waals surface area contributed by atoms with Crippen LogP contribution in [0.3, 0.4) is 0 Å². The highest BCUT2D eigenvalue weighted by molar-refractivity contribution is 14.1. The summed E-state index contributed by atoms with van der Waals surface area (Å²) in [5.41, 5.74) is 3.30. The normalized spacial score (nSPS) is 20.9. The van der Waals surface area contributed by atoms with Crippen LogP contribution in [-0.2, 0) is 0 Å². The predicted molar refractivity (Wildman–Crippen MR) is 97.6 cm³/mol. The topological polar surface area (TPSA) is 39.7 Å². The average Bonchev–Trinajstić information content (AvgIpc) is 2.88. The largest absolute Gasteiger partial charge is 0.352 e. The molecule has 0 saturated carbocycles. The number of alkyl halides is 1. The number of halogens is 1. The van der Waals surface area contributed by atoms with E-state index in [0.29, 0.717) is 4.05 Å². The molecule has 0 radical (unpaired) electrons. The Kier molecular flexibility index (Phi) is 3.60. The van der Waals surface area contributed by atoms with Crippen LogP contribution in [-0.4, -0.2) is 34.4 Å². The zero-order valence-electron chi connectivity index (χ0n) is 11.3. The van der Waals surface area contributed by atoms with Crippen molar-refractivity contribution >= 4 is 56.1 Å². The van der Waals surface area contributed by atoms with Crippen LogP contribution < -0.4 is 10.6 Å². The van der Waals surface area contributed by atoms with E-state index in [9.17, 15) is 0 Å². The maximum Gasteiger partial charge on any atom is 0.139 e. The molecule has 2 aromatic rings. The van der Waals surface area contributed by atoms with Gasteiger partial charge in [-0.05, 0) is 23.6 Å². The van der Waals surface area contributed by atoms with Crippen molar-refractivity contribution in [2.75, 3.05) is 25.0 Å². The van der Waals surface area contributed by atoms with Crippen LogP contribution in [0.25, 0.3) is 0 Å². The van der Waals surface area contributed by atoms with Crippen molar-refractivity contribution in [3.05, 3.63) is 41.3 Å². The Bertz CT molecular complexity index is 696. The van der Waals surface area contributed by atoms with Gasteiger partial charge in [0.25, 0.3) is 0 Å². The van der Waals surface area contributed by atoms with Gasteiger partial charge in [0.2, 0.25) is 0 Å². The SMILES string of the molecule is I[C@H]1CN(C2=Nc3ccccc3Nc3sccc32)CCN1. The molecule has 2 aliphatic rings. The van der Waals surface area contributed by atoms with E-state index in [1.807, 2.05) is 12.1 Å². The van der Waals surface area contributed by atoms with Gasteiger partial charge in [0.05, 0.1) is 21.0 Å². The molecule has 0 spiro atoms. The van der Waals surface area contributed by atoms with Gasteiger partial charge in [0.15, 0.2) is 0 Å². The lowest BCUT2D eigenvalue weighted by molar-refractivity contribution is 0.349. The molecule has 2 N–H and O–H groups in total. The fraction of sp³-hybridized carbons (Fsp3) is 0.267. The smallest absolute Gasteiger partial charge is 0.139 e. The zero-order valence-corrected chi connectivity index (χ0v) is 14.3. The number of rotatable bonds is 0. The predicted octanol–water partition coefficient (Wildman–Crippen LogP) is 3.55. The maximum absolute atomic E-state index is 4.97. The fourth-order valence-corrected chi connectivity index (χ4v) is 4.28. The van der Waals surface area contributed by atoms with Gasteiger partial charge < -0.3 is 15.5 Å². The van der Waals surface area contributed by atoms with E-state index in [-0.39, 0.29) is 0 Å². The van der Waals surface area contributed by atoms with E-state index in [4.69, 9.17) is 4.99 Å². The molecule has 1 atom stereocenters. The number of benzene rings is 1. The first-order valence-corrected chi connectivity index (χ1v) is 9.09. The number of amidine groups is 1. The quantitative estimate of drug-likeness (QED) is 0.397. The number of piperazine rings is 1. The van der Waals surface area contributed by atoms with Gasteiger partial charge in [-0.2, -0.15) is 0 Å². The van der Waals surface area contributed by atoms with E-state index in [1.165, 1.54) is 10.6 Å². The highest BCUT2D eigenvalue weighted by atomic mass is 127. The maximum atomic E-state index is 4.97. The Morgan fingerprint density at radius 3 is 3.10 bits per heavy atom. The standard InChI is InChI=1S/C15H15IN4S/c16-13-9-20(7-6-17-13)14-10-5-8-21-15(10)19-12-4-2-1-3-11(12)18-14/h1-5,8,13,17,19H,6-7,9H2/t13-/m1/s1. The van der Waals surface area contributed by atoms with Crippen LogP contribution in [0, 0.1) is 0 Å². The van der Waals surface area contributed by atoms with Crippen LogP contribution in [0.4, 0.5) is 16.4 Å². The van der Waals surface area contributed by atoms with Crippen LogP contribution >= 0.6 is 33.9 Å².